The topological polar surface area (TPSA) is 79.1 Å². The van der Waals surface area contributed by atoms with Gasteiger partial charge in [-0.25, -0.2) is 14.4 Å². The molecule has 3 aromatic heterocycles. The van der Waals surface area contributed by atoms with E-state index in [2.05, 4.69) is 25.3 Å². The number of rotatable bonds is 5. The fourth-order valence-corrected chi connectivity index (χ4v) is 4.42. The third-order valence-corrected chi connectivity index (χ3v) is 6.01. The lowest BCUT2D eigenvalue weighted by Crippen LogP contribution is -2.33. The standard InChI is InChI=1S/C22H22ClFN6O/c1-29-11-13-6-17(21(31)9-19(13)28-29)20-8-18(23)16-7-15(10-26-22(16)27-20)30-5-2-14(12-30)25-4-3-24/h6-11,14,25,31H,2-5,12H2,1H3/t14-/m1/s1. The first-order valence-electron chi connectivity index (χ1n) is 10.2. The maximum Gasteiger partial charge on any atom is 0.161 e. The van der Waals surface area contributed by atoms with E-state index in [1.807, 2.05) is 25.4 Å². The summed E-state index contributed by atoms with van der Waals surface area (Å²) >= 11 is 6.61. The summed E-state index contributed by atoms with van der Waals surface area (Å²) < 4.78 is 14.1. The molecular formula is C22H22ClFN6O. The first kappa shape index (κ1) is 20.0. The van der Waals surface area contributed by atoms with Crippen LogP contribution in [-0.2, 0) is 7.05 Å². The number of hydrogen-bond donors (Lipinski definition) is 2. The summed E-state index contributed by atoms with van der Waals surface area (Å²) in [6.07, 6.45) is 4.63. The van der Waals surface area contributed by atoms with E-state index in [0.717, 1.165) is 36.0 Å². The first-order chi connectivity index (χ1) is 15.0. The highest BCUT2D eigenvalue weighted by Gasteiger charge is 2.23. The van der Waals surface area contributed by atoms with E-state index in [0.29, 0.717) is 34.0 Å². The fourth-order valence-electron chi connectivity index (χ4n) is 4.18. The molecule has 1 aromatic carbocycles. The van der Waals surface area contributed by atoms with Crippen molar-refractivity contribution >= 4 is 39.2 Å². The second-order valence-corrected chi connectivity index (χ2v) is 8.27. The molecule has 5 rings (SSSR count). The largest absolute Gasteiger partial charge is 0.507 e. The molecule has 0 aliphatic carbocycles. The highest BCUT2D eigenvalue weighted by molar-refractivity contribution is 6.35. The second kappa shape index (κ2) is 7.94. The van der Waals surface area contributed by atoms with Gasteiger partial charge in [0.1, 0.15) is 12.4 Å². The average molecular weight is 441 g/mol. The van der Waals surface area contributed by atoms with Gasteiger partial charge < -0.3 is 15.3 Å². The molecule has 31 heavy (non-hydrogen) atoms. The van der Waals surface area contributed by atoms with Gasteiger partial charge in [0.25, 0.3) is 0 Å². The number of pyridine rings is 2. The molecule has 4 heterocycles. The molecule has 0 unspecified atom stereocenters. The number of aromatic hydroxyl groups is 1. The lowest BCUT2D eigenvalue weighted by Gasteiger charge is -2.19. The molecule has 1 saturated heterocycles. The molecule has 0 saturated carbocycles. The normalized spacial score (nSPS) is 16.6. The van der Waals surface area contributed by atoms with Crippen LogP contribution in [0, 0.1) is 0 Å². The van der Waals surface area contributed by atoms with E-state index in [-0.39, 0.29) is 18.5 Å². The van der Waals surface area contributed by atoms with Crippen molar-refractivity contribution in [1.29, 1.82) is 0 Å². The molecule has 160 valence electrons. The highest BCUT2D eigenvalue weighted by Crippen LogP contribution is 2.36. The quantitative estimate of drug-likeness (QED) is 0.493. The molecule has 2 N–H and O–H groups in total. The molecule has 1 atom stereocenters. The number of nitrogens with zero attached hydrogens (tertiary/aromatic N) is 5. The van der Waals surface area contributed by atoms with E-state index in [1.165, 1.54) is 0 Å². The SMILES string of the molecule is Cn1cc2cc(-c3cc(Cl)c4cc(N5CC[C@@H](NCCF)C5)cnc4n3)c(O)cc2n1. The van der Waals surface area contributed by atoms with Crippen LogP contribution in [0.25, 0.3) is 33.2 Å². The van der Waals surface area contributed by atoms with Crippen LogP contribution < -0.4 is 10.2 Å². The van der Waals surface area contributed by atoms with Gasteiger partial charge in [-0.2, -0.15) is 5.10 Å². The number of alkyl halides is 1. The minimum Gasteiger partial charge on any atom is -0.507 e. The minimum atomic E-state index is -0.360. The van der Waals surface area contributed by atoms with Gasteiger partial charge in [-0.3, -0.25) is 4.68 Å². The molecule has 0 bridgehead atoms. The number of halogens is 2. The van der Waals surface area contributed by atoms with Gasteiger partial charge in [0.2, 0.25) is 0 Å². The van der Waals surface area contributed by atoms with E-state index in [1.54, 1.807) is 23.0 Å². The van der Waals surface area contributed by atoms with Crippen molar-refractivity contribution in [2.45, 2.75) is 12.5 Å². The van der Waals surface area contributed by atoms with Crippen LogP contribution in [0.15, 0.2) is 36.7 Å². The van der Waals surface area contributed by atoms with Crippen molar-refractivity contribution in [2.24, 2.45) is 7.05 Å². The van der Waals surface area contributed by atoms with E-state index >= 15 is 0 Å². The third kappa shape index (κ3) is 3.77. The maximum absolute atomic E-state index is 12.4. The molecule has 1 aliphatic rings. The van der Waals surface area contributed by atoms with Crippen LogP contribution in [0.5, 0.6) is 5.75 Å². The summed E-state index contributed by atoms with van der Waals surface area (Å²) in [6, 6.07) is 7.49. The number of fused-ring (bicyclic) bond motifs is 2. The number of hydrogen-bond acceptors (Lipinski definition) is 6. The molecule has 0 amide bonds. The summed E-state index contributed by atoms with van der Waals surface area (Å²) in [6.45, 7) is 1.69. The predicted molar refractivity (Wildman–Crippen MR) is 121 cm³/mol. The summed E-state index contributed by atoms with van der Waals surface area (Å²) in [7, 11) is 1.84. The molecule has 0 spiro atoms. The smallest absolute Gasteiger partial charge is 0.161 e. The monoisotopic (exact) mass is 440 g/mol. The summed E-state index contributed by atoms with van der Waals surface area (Å²) in [5.41, 5.74) is 3.33. The molecule has 1 fully saturated rings. The van der Waals surface area contributed by atoms with Crippen molar-refractivity contribution in [1.82, 2.24) is 25.1 Å². The van der Waals surface area contributed by atoms with Crippen LogP contribution in [0.4, 0.5) is 10.1 Å². The molecule has 9 heteroatoms. The molecule has 0 radical (unpaired) electrons. The maximum atomic E-state index is 12.4. The van der Waals surface area contributed by atoms with Crippen LogP contribution in [0.3, 0.4) is 0 Å². The number of aromatic nitrogens is 4. The van der Waals surface area contributed by atoms with Crippen LogP contribution in [0.1, 0.15) is 6.42 Å². The lowest BCUT2D eigenvalue weighted by molar-refractivity contribution is 0.440. The number of anilines is 1. The van der Waals surface area contributed by atoms with Gasteiger partial charge >= 0.3 is 0 Å². The zero-order chi connectivity index (χ0) is 21.5. The second-order valence-electron chi connectivity index (χ2n) is 7.86. The number of aryl methyl sites for hydroxylation is 1. The van der Waals surface area contributed by atoms with Crippen molar-refractivity contribution in [2.75, 3.05) is 31.2 Å². The van der Waals surface area contributed by atoms with Crippen LogP contribution in [-0.4, -0.2) is 57.2 Å². The van der Waals surface area contributed by atoms with Crippen molar-refractivity contribution < 1.29 is 9.50 Å². The summed E-state index contributed by atoms with van der Waals surface area (Å²) in [5, 5.41) is 20.2. The lowest BCUT2D eigenvalue weighted by atomic mass is 10.1. The zero-order valence-electron chi connectivity index (χ0n) is 17.0. The van der Waals surface area contributed by atoms with Gasteiger partial charge in [-0.05, 0) is 24.6 Å². The Labute approximate surface area is 183 Å². The van der Waals surface area contributed by atoms with Crippen molar-refractivity contribution in [3.8, 4) is 17.0 Å². The van der Waals surface area contributed by atoms with Gasteiger partial charge in [0, 0.05) is 61.3 Å². The van der Waals surface area contributed by atoms with Gasteiger partial charge in [0.05, 0.1) is 28.1 Å². The Morgan fingerprint density at radius 3 is 3.00 bits per heavy atom. The molecular weight excluding hydrogens is 419 g/mol. The number of nitrogens with one attached hydrogen (secondary N) is 1. The van der Waals surface area contributed by atoms with Crippen LogP contribution >= 0.6 is 11.6 Å². The first-order valence-corrected chi connectivity index (χ1v) is 10.6. The predicted octanol–water partition coefficient (Wildman–Crippen LogP) is 3.68. The Bertz CT molecular complexity index is 1280. The van der Waals surface area contributed by atoms with E-state index < -0.39 is 0 Å². The minimum absolute atomic E-state index is 0.0922. The van der Waals surface area contributed by atoms with E-state index in [9.17, 15) is 9.50 Å². The van der Waals surface area contributed by atoms with Crippen LogP contribution in [0.2, 0.25) is 5.02 Å². The Morgan fingerprint density at radius 1 is 1.29 bits per heavy atom. The number of phenolic OH excluding ortho intramolecular Hbond substituents is 1. The van der Waals surface area contributed by atoms with Gasteiger partial charge in [-0.15, -0.1) is 0 Å². The summed E-state index contributed by atoms with van der Waals surface area (Å²) in [5.74, 6) is 0.0922. The molecule has 4 aromatic rings. The number of phenols is 1. The molecule has 1 aliphatic heterocycles. The third-order valence-electron chi connectivity index (χ3n) is 5.69. The van der Waals surface area contributed by atoms with Gasteiger partial charge in [0.15, 0.2) is 5.65 Å². The Balaban J connectivity index is 1.48. The summed E-state index contributed by atoms with van der Waals surface area (Å²) in [4.78, 5) is 11.4. The number of benzene rings is 1. The molecule has 7 nitrogen and oxygen atoms in total. The Kier molecular flexibility index (Phi) is 5.11. The van der Waals surface area contributed by atoms with E-state index in [4.69, 9.17) is 11.6 Å². The zero-order valence-corrected chi connectivity index (χ0v) is 17.8. The Hall–Kier alpha value is -2.97. The van der Waals surface area contributed by atoms with Crippen molar-refractivity contribution in [3.63, 3.8) is 0 Å². The average Bonchev–Trinajstić information content (AvgIpc) is 3.36. The fraction of sp³-hybridized carbons (Fsp3) is 0.318. The Morgan fingerprint density at radius 2 is 2.16 bits per heavy atom. The highest BCUT2D eigenvalue weighted by atomic mass is 35.5. The van der Waals surface area contributed by atoms with Crippen molar-refractivity contribution in [3.05, 3.63) is 41.7 Å². The van der Waals surface area contributed by atoms with Gasteiger partial charge in [-0.1, -0.05) is 11.6 Å².